The van der Waals surface area contributed by atoms with Gasteiger partial charge in [0.05, 0.1) is 6.54 Å². The summed E-state index contributed by atoms with van der Waals surface area (Å²) in [4.78, 5) is 2.35. The minimum atomic E-state index is 0.926. The maximum absolute atomic E-state index is 5.59. The Kier molecular flexibility index (Phi) is 9.10. The molecule has 0 aliphatic heterocycles. The summed E-state index contributed by atoms with van der Waals surface area (Å²) in [6.07, 6.45) is 9.40. The molecule has 0 radical (unpaired) electrons. The van der Waals surface area contributed by atoms with E-state index < -0.39 is 0 Å². The Hall–Kier alpha value is -0.410. The number of aryl methyl sites for hydroxylation is 1. The van der Waals surface area contributed by atoms with E-state index >= 15 is 0 Å². The molecule has 3 heteroatoms. The summed E-state index contributed by atoms with van der Waals surface area (Å²) in [5.74, 6) is 3.12. The third-order valence-electron chi connectivity index (χ3n) is 3.42. The standard InChI is InChI=1S/C16H29NOS/c1-15-10-11-16(18-15)14-17(2)12-8-6-4-3-5-7-9-13-19/h10-11,19H,3-9,12-14H2,1-2H3. The Bertz CT molecular complexity index is 324. The Balaban J connectivity index is 1.94. The first kappa shape index (κ1) is 16.6. The van der Waals surface area contributed by atoms with Crippen molar-refractivity contribution in [3.63, 3.8) is 0 Å². The first-order valence-corrected chi connectivity index (χ1v) is 8.20. The summed E-state index contributed by atoms with van der Waals surface area (Å²) in [5, 5.41) is 0. The average molecular weight is 283 g/mol. The molecule has 0 aliphatic carbocycles. The Morgan fingerprint density at radius 3 is 2.21 bits per heavy atom. The van der Waals surface area contributed by atoms with Crippen LogP contribution in [-0.2, 0) is 6.54 Å². The molecule has 0 saturated heterocycles. The molecule has 0 fully saturated rings. The summed E-state index contributed by atoms with van der Waals surface area (Å²) in [6.45, 7) is 4.09. The number of furan rings is 1. The van der Waals surface area contributed by atoms with Crippen molar-refractivity contribution in [3.05, 3.63) is 23.7 Å². The lowest BCUT2D eigenvalue weighted by molar-refractivity contribution is 0.285. The topological polar surface area (TPSA) is 16.4 Å². The molecule has 0 N–H and O–H groups in total. The molecule has 1 aromatic rings. The molecule has 1 rings (SSSR count). The van der Waals surface area contributed by atoms with Crippen LogP contribution in [0.15, 0.2) is 16.5 Å². The second kappa shape index (κ2) is 10.4. The van der Waals surface area contributed by atoms with Crippen LogP contribution in [0.2, 0.25) is 0 Å². The number of hydrogen-bond acceptors (Lipinski definition) is 3. The van der Waals surface area contributed by atoms with E-state index in [1.165, 1.54) is 44.9 Å². The fourth-order valence-corrected chi connectivity index (χ4v) is 2.52. The van der Waals surface area contributed by atoms with Gasteiger partial charge in [-0.05, 0) is 51.2 Å². The van der Waals surface area contributed by atoms with Gasteiger partial charge in [0.2, 0.25) is 0 Å². The highest BCUT2D eigenvalue weighted by atomic mass is 32.1. The molecule has 0 unspecified atom stereocenters. The van der Waals surface area contributed by atoms with Crippen molar-refractivity contribution >= 4 is 12.6 Å². The first-order valence-electron chi connectivity index (χ1n) is 7.57. The Morgan fingerprint density at radius 1 is 1.00 bits per heavy atom. The summed E-state index contributed by atoms with van der Waals surface area (Å²) in [7, 11) is 2.17. The van der Waals surface area contributed by atoms with Crippen LogP contribution in [0.25, 0.3) is 0 Å². The third kappa shape index (κ3) is 8.38. The van der Waals surface area contributed by atoms with Gasteiger partial charge in [0, 0.05) is 0 Å². The largest absolute Gasteiger partial charge is 0.465 e. The molecule has 0 aromatic carbocycles. The van der Waals surface area contributed by atoms with Crippen molar-refractivity contribution in [2.75, 3.05) is 19.3 Å². The van der Waals surface area contributed by atoms with Crippen molar-refractivity contribution in [3.8, 4) is 0 Å². The third-order valence-corrected chi connectivity index (χ3v) is 3.74. The zero-order valence-corrected chi connectivity index (χ0v) is 13.4. The van der Waals surface area contributed by atoms with Crippen LogP contribution < -0.4 is 0 Å². The molecule has 1 heterocycles. The zero-order chi connectivity index (χ0) is 13.9. The Labute approximate surface area is 124 Å². The lowest BCUT2D eigenvalue weighted by atomic mass is 10.1. The van der Waals surface area contributed by atoms with Gasteiger partial charge in [-0.15, -0.1) is 0 Å². The number of rotatable bonds is 11. The maximum atomic E-state index is 5.59. The lowest BCUT2D eigenvalue weighted by Crippen LogP contribution is -2.18. The molecule has 0 atom stereocenters. The monoisotopic (exact) mass is 283 g/mol. The fourth-order valence-electron chi connectivity index (χ4n) is 2.29. The van der Waals surface area contributed by atoms with E-state index in [0.29, 0.717) is 0 Å². The summed E-state index contributed by atoms with van der Waals surface area (Å²) in [5.41, 5.74) is 0. The van der Waals surface area contributed by atoms with Crippen LogP contribution in [0.5, 0.6) is 0 Å². The minimum absolute atomic E-state index is 0.926. The van der Waals surface area contributed by atoms with Gasteiger partial charge in [-0.3, -0.25) is 4.90 Å². The van der Waals surface area contributed by atoms with E-state index in [1.807, 2.05) is 13.0 Å². The molecular weight excluding hydrogens is 254 g/mol. The summed E-state index contributed by atoms with van der Waals surface area (Å²) in [6, 6.07) is 4.11. The van der Waals surface area contributed by atoms with Crippen molar-refractivity contribution in [1.82, 2.24) is 4.90 Å². The summed E-state index contributed by atoms with van der Waals surface area (Å²) >= 11 is 4.23. The molecular formula is C16H29NOS. The van der Waals surface area contributed by atoms with Crippen LogP contribution in [0.4, 0.5) is 0 Å². The maximum Gasteiger partial charge on any atom is 0.118 e. The van der Waals surface area contributed by atoms with Gasteiger partial charge in [0.1, 0.15) is 11.5 Å². The number of nitrogens with zero attached hydrogens (tertiary/aromatic N) is 1. The SMILES string of the molecule is Cc1ccc(CN(C)CCCCCCCCCS)o1. The second-order valence-corrected chi connectivity index (χ2v) is 5.90. The minimum Gasteiger partial charge on any atom is -0.465 e. The molecule has 0 bridgehead atoms. The van der Waals surface area contributed by atoms with E-state index in [1.54, 1.807) is 0 Å². The number of hydrogen-bond donors (Lipinski definition) is 1. The predicted molar refractivity (Wildman–Crippen MR) is 86.0 cm³/mol. The van der Waals surface area contributed by atoms with Gasteiger partial charge in [0.25, 0.3) is 0 Å². The molecule has 0 aliphatic rings. The highest BCUT2D eigenvalue weighted by molar-refractivity contribution is 7.80. The van der Waals surface area contributed by atoms with E-state index in [9.17, 15) is 0 Å². The number of unbranched alkanes of at least 4 members (excludes halogenated alkanes) is 6. The average Bonchev–Trinajstić information content (AvgIpc) is 2.78. The quantitative estimate of drug-likeness (QED) is 0.469. The van der Waals surface area contributed by atoms with Crippen LogP contribution in [0.3, 0.4) is 0 Å². The van der Waals surface area contributed by atoms with Gasteiger partial charge in [-0.1, -0.05) is 32.1 Å². The van der Waals surface area contributed by atoms with Gasteiger partial charge in [-0.25, -0.2) is 0 Å². The van der Waals surface area contributed by atoms with Crippen molar-refractivity contribution in [1.29, 1.82) is 0 Å². The first-order chi connectivity index (χ1) is 9.22. The van der Waals surface area contributed by atoms with Crippen LogP contribution in [-0.4, -0.2) is 24.2 Å². The van der Waals surface area contributed by atoms with Crippen LogP contribution in [0, 0.1) is 6.92 Å². The zero-order valence-electron chi connectivity index (χ0n) is 12.5. The smallest absolute Gasteiger partial charge is 0.118 e. The summed E-state index contributed by atoms with van der Waals surface area (Å²) < 4.78 is 5.59. The fraction of sp³-hybridized carbons (Fsp3) is 0.750. The van der Waals surface area contributed by atoms with Crippen LogP contribution in [0.1, 0.15) is 56.5 Å². The highest BCUT2D eigenvalue weighted by Gasteiger charge is 2.03. The van der Waals surface area contributed by atoms with Gasteiger partial charge >= 0.3 is 0 Å². The molecule has 110 valence electrons. The van der Waals surface area contributed by atoms with Crippen molar-refractivity contribution in [2.24, 2.45) is 0 Å². The van der Waals surface area contributed by atoms with Crippen molar-refractivity contribution in [2.45, 2.75) is 58.4 Å². The van der Waals surface area contributed by atoms with E-state index in [4.69, 9.17) is 4.42 Å². The molecule has 19 heavy (non-hydrogen) atoms. The second-order valence-electron chi connectivity index (χ2n) is 5.45. The van der Waals surface area contributed by atoms with E-state index in [2.05, 4.69) is 30.6 Å². The van der Waals surface area contributed by atoms with Crippen LogP contribution >= 0.6 is 12.6 Å². The molecule has 0 spiro atoms. The van der Waals surface area contributed by atoms with E-state index in [-0.39, 0.29) is 0 Å². The molecule has 2 nitrogen and oxygen atoms in total. The molecule has 1 aromatic heterocycles. The Morgan fingerprint density at radius 2 is 1.63 bits per heavy atom. The highest BCUT2D eigenvalue weighted by Crippen LogP contribution is 2.11. The normalized spacial score (nSPS) is 11.4. The molecule has 0 saturated carbocycles. The lowest BCUT2D eigenvalue weighted by Gasteiger charge is -2.14. The van der Waals surface area contributed by atoms with Crippen molar-refractivity contribution < 1.29 is 4.42 Å². The predicted octanol–water partition coefficient (Wildman–Crippen LogP) is 4.68. The van der Waals surface area contributed by atoms with Gasteiger partial charge in [-0.2, -0.15) is 12.6 Å². The van der Waals surface area contributed by atoms with Gasteiger partial charge < -0.3 is 4.42 Å². The number of thiol groups is 1. The van der Waals surface area contributed by atoms with E-state index in [0.717, 1.165) is 30.4 Å². The van der Waals surface area contributed by atoms with Gasteiger partial charge in [0.15, 0.2) is 0 Å². The molecule has 0 amide bonds.